The van der Waals surface area contributed by atoms with Crippen LogP contribution in [0.4, 0.5) is 0 Å². The van der Waals surface area contributed by atoms with E-state index in [1.165, 1.54) is 13.2 Å². The summed E-state index contributed by atoms with van der Waals surface area (Å²) >= 11 is 0. The Morgan fingerprint density at radius 3 is 2.35 bits per heavy atom. The maximum atomic E-state index is 12.0. The zero-order chi connectivity index (χ0) is 18.7. The van der Waals surface area contributed by atoms with Gasteiger partial charge in [-0.05, 0) is 42.3 Å². The highest BCUT2D eigenvalue weighted by atomic mass is 16.6. The van der Waals surface area contributed by atoms with E-state index in [1.54, 1.807) is 32.2 Å². The molecule has 1 aromatic heterocycles. The van der Waals surface area contributed by atoms with Crippen molar-refractivity contribution in [2.45, 2.75) is 13.0 Å². The average Bonchev–Trinajstić information content (AvgIpc) is 2.66. The SMILES string of the molecule is COC(=O)[C@H](C)Oc1ccc2c(-c3ccc(OC)cc3)cc(=O)oc2c1. The van der Waals surface area contributed by atoms with E-state index in [9.17, 15) is 9.59 Å². The lowest BCUT2D eigenvalue weighted by Crippen LogP contribution is -2.24. The number of ether oxygens (including phenoxy) is 3. The van der Waals surface area contributed by atoms with Crippen LogP contribution in [-0.2, 0) is 9.53 Å². The lowest BCUT2D eigenvalue weighted by molar-refractivity contribution is -0.147. The van der Waals surface area contributed by atoms with Gasteiger partial charge in [0.1, 0.15) is 17.1 Å². The molecule has 0 aliphatic heterocycles. The highest BCUT2D eigenvalue weighted by molar-refractivity contribution is 5.93. The van der Waals surface area contributed by atoms with Crippen LogP contribution in [-0.4, -0.2) is 26.3 Å². The van der Waals surface area contributed by atoms with Crippen LogP contribution in [0.25, 0.3) is 22.1 Å². The third kappa shape index (κ3) is 3.54. The fourth-order valence-corrected chi connectivity index (χ4v) is 2.64. The van der Waals surface area contributed by atoms with Crippen molar-refractivity contribution in [3.63, 3.8) is 0 Å². The second-order valence-corrected chi connectivity index (χ2v) is 5.65. The van der Waals surface area contributed by atoms with Crippen LogP contribution in [0.2, 0.25) is 0 Å². The number of hydrogen-bond acceptors (Lipinski definition) is 6. The van der Waals surface area contributed by atoms with E-state index in [-0.39, 0.29) is 0 Å². The number of carbonyl (C=O) groups is 1. The molecule has 0 aliphatic rings. The summed E-state index contributed by atoms with van der Waals surface area (Å²) in [6, 6.07) is 13.9. The zero-order valence-corrected chi connectivity index (χ0v) is 14.6. The summed E-state index contributed by atoms with van der Waals surface area (Å²) < 4.78 is 20.6. The normalized spacial score (nSPS) is 11.8. The molecule has 0 fully saturated rings. The molecular weight excluding hydrogens is 336 g/mol. The van der Waals surface area contributed by atoms with E-state index in [4.69, 9.17) is 13.9 Å². The summed E-state index contributed by atoms with van der Waals surface area (Å²) in [4.78, 5) is 23.5. The van der Waals surface area contributed by atoms with Gasteiger partial charge in [0.05, 0.1) is 14.2 Å². The number of benzene rings is 2. The third-order valence-corrected chi connectivity index (χ3v) is 3.96. The molecule has 3 rings (SSSR count). The van der Waals surface area contributed by atoms with Crippen molar-refractivity contribution in [3.05, 3.63) is 59.0 Å². The summed E-state index contributed by atoms with van der Waals surface area (Å²) in [6.45, 7) is 1.58. The Bertz CT molecular complexity index is 987. The fraction of sp³-hybridized carbons (Fsp3) is 0.200. The molecule has 0 spiro atoms. The Labute approximate surface area is 149 Å². The average molecular weight is 354 g/mol. The molecule has 26 heavy (non-hydrogen) atoms. The van der Waals surface area contributed by atoms with E-state index >= 15 is 0 Å². The maximum absolute atomic E-state index is 12.0. The first-order chi connectivity index (χ1) is 12.5. The van der Waals surface area contributed by atoms with Crippen LogP contribution >= 0.6 is 0 Å². The minimum absolute atomic E-state index is 0.373. The van der Waals surface area contributed by atoms with Crippen LogP contribution in [0.5, 0.6) is 11.5 Å². The predicted octanol–water partition coefficient (Wildman–Crippen LogP) is 3.41. The number of hydrogen-bond donors (Lipinski definition) is 0. The number of carbonyl (C=O) groups excluding carboxylic acids is 1. The first kappa shape index (κ1) is 17.5. The third-order valence-electron chi connectivity index (χ3n) is 3.96. The Morgan fingerprint density at radius 2 is 1.69 bits per heavy atom. The maximum Gasteiger partial charge on any atom is 0.346 e. The van der Waals surface area contributed by atoms with Crippen LogP contribution < -0.4 is 15.1 Å². The van der Waals surface area contributed by atoms with Gasteiger partial charge in [0, 0.05) is 17.5 Å². The highest BCUT2D eigenvalue weighted by Crippen LogP contribution is 2.31. The zero-order valence-electron chi connectivity index (χ0n) is 14.6. The molecule has 0 amide bonds. The Morgan fingerprint density at radius 1 is 1.00 bits per heavy atom. The molecule has 0 aliphatic carbocycles. The number of methoxy groups -OCH3 is 2. The first-order valence-corrected chi connectivity index (χ1v) is 7.98. The fourth-order valence-electron chi connectivity index (χ4n) is 2.64. The van der Waals surface area contributed by atoms with E-state index in [1.807, 2.05) is 24.3 Å². The molecule has 134 valence electrons. The molecule has 0 saturated heterocycles. The van der Waals surface area contributed by atoms with Crippen molar-refractivity contribution in [1.82, 2.24) is 0 Å². The predicted molar refractivity (Wildman–Crippen MR) is 96.6 cm³/mol. The van der Waals surface area contributed by atoms with Crippen molar-refractivity contribution in [1.29, 1.82) is 0 Å². The van der Waals surface area contributed by atoms with Gasteiger partial charge in [0.15, 0.2) is 6.10 Å². The van der Waals surface area contributed by atoms with Gasteiger partial charge in [-0.15, -0.1) is 0 Å². The van der Waals surface area contributed by atoms with E-state index < -0.39 is 17.7 Å². The van der Waals surface area contributed by atoms with E-state index in [0.717, 1.165) is 22.3 Å². The van der Waals surface area contributed by atoms with Gasteiger partial charge in [-0.2, -0.15) is 0 Å². The van der Waals surface area contributed by atoms with Gasteiger partial charge in [-0.3, -0.25) is 0 Å². The molecule has 0 unspecified atom stereocenters. The summed E-state index contributed by atoms with van der Waals surface area (Å²) in [5, 5.41) is 0.757. The molecule has 0 N–H and O–H groups in total. The minimum atomic E-state index is -0.769. The van der Waals surface area contributed by atoms with Crippen molar-refractivity contribution in [2.24, 2.45) is 0 Å². The van der Waals surface area contributed by atoms with Gasteiger partial charge >= 0.3 is 11.6 Å². The lowest BCUT2D eigenvalue weighted by atomic mass is 10.0. The standard InChI is InChI=1S/C20H18O6/c1-12(20(22)24-3)25-15-8-9-16-17(11-19(21)26-18(16)10-15)13-4-6-14(23-2)7-5-13/h4-12H,1-3H3/t12-/m0/s1. The largest absolute Gasteiger partial charge is 0.497 e. The molecule has 6 nitrogen and oxygen atoms in total. The Balaban J connectivity index is 2.03. The van der Waals surface area contributed by atoms with Gasteiger partial charge in [-0.1, -0.05) is 12.1 Å². The second-order valence-electron chi connectivity index (χ2n) is 5.65. The highest BCUT2D eigenvalue weighted by Gasteiger charge is 2.16. The smallest absolute Gasteiger partial charge is 0.346 e. The van der Waals surface area contributed by atoms with Crippen LogP contribution in [0.1, 0.15) is 6.92 Å². The Hall–Kier alpha value is -3.28. The monoisotopic (exact) mass is 354 g/mol. The van der Waals surface area contributed by atoms with Gasteiger partial charge in [-0.25, -0.2) is 9.59 Å². The summed E-state index contributed by atoms with van der Waals surface area (Å²) in [7, 11) is 2.89. The number of esters is 1. The van der Waals surface area contributed by atoms with Crippen molar-refractivity contribution in [3.8, 4) is 22.6 Å². The van der Waals surface area contributed by atoms with E-state index in [0.29, 0.717) is 11.3 Å². The second kappa shape index (κ2) is 7.31. The quantitative estimate of drug-likeness (QED) is 0.516. The molecule has 0 bridgehead atoms. The van der Waals surface area contributed by atoms with Crippen molar-refractivity contribution < 1.29 is 23.4 Å². The van der Waals surface area contributed by atoms with Crippen molar-refractivity contribution >= 4 is 16.9 Å². The molecule has 6 heteroatoms. The molecule has 1 heterocycles. The van der Waals surface area contributed by atoms with Crippen LogP contribution in [0.3, 0.4) is 0 Å². The molecule has 1 atom stereocenters. The number of fused-ring (bicyclic) bond motifs is 1. The van der Waals surface area contributed by atoms with Crippen LogP contribution in [0, 0.1) is 0 Å². The van der Waals surface area contributed by atoms with Gasteiger partial charge < -0.3 is 18.6 Å². The number of rotatable bonds is 5. The first-order valence-electron chi connectivity index (χ1n) is 7.98. The van der Waals surface area contributed by atoms with Crippen LogP contribution in [0.15, 0.2) is 57.7 Å². The molecule has 2 aromatic carbocycles. The summed E-state index contributed by atoms with van der Waals surface area (Å²) in [5.41, 5.74) is 1.51. The molecule has 3 aromatic rings. The molecular formula is C20H18O6. The van der Waals surface area contributed by atoms with Gasteiger partial charge in [0.2, 0.25) is 0 Å². The van der Waals surface area contributed by atoms with E-state index in [2.05, 4.69) is 4.74 Å². The summed E-state index contributed by atoms with van der Waals surface area (Å²) in [6.07, 6.45) is -0.769. The van der Waals surface area contributed by atoms with Gasteiger partial charge in [0.25, 0.3) is 0 Å². The van der Waals surface area contributed by atoms with Crippen molar-refractivity contribution in [2.75, 3.05) is 14.2 Å². The lowest BCUT2D eigenvalue weighted by Gasteiger charge is -2.13. The minimum Gasteiger partial charge on any atom is -0.497 e. The summed E-state index contributed by atoms with van der Waals surface area (Å²) in [5.74, 6) is 0.650. The molecule has 0 radical (unpaired) electrons. The molecule has 0 saturated carbocycles. The Kier molecular flexibility index (Phi) is 4.93. The topological polar surface area (TPSA) is 75.0 Å².